The van der Waals surface area contributed by atoms with Gasteiger partial charge in [0.15, 0.2) is 0 Å². The van der Waals surface area contributed by atoms with Crippen LogP contribution < -0.4 is 4.74 Å². The summed E-state index contributed by atoms with van der Waals surface area (Å²) in [6.07, 6.45) is 0. The maximum Gasteiger partial charge on any atom is 0.315 e. The molecular formula is C23H25NO5. The summed E-state index contributed by atoms with van der Waals surface area (Å²) in [7, 11) is 0. The van der Waals surface area contributed by atoms with Crippen molar-refractivity contribution in [2.24, 2.45) is 16.8 Å². The fourth-order valence-corrected chi connectivity index (χ4v) is 4.77. The lowest BCUT2D eigenvalue weighted by Gasteiger charge is -2.48. The van der Waals surface area contributed by atoms with Crippen LogP contribution in [-0.2, 0) is 19.1 Å². The first kappa shape index (κ1) is 19.4. The number of hydrogen-bond acceptors (Lipinski definition) is 6. The predicted octanol–water partition coefficient (Wildman–Crippen LogP) is 3.87. The maximum absolute atomic E-state index is 13.1. The molecule has 2 heterocycles. The van der Waals surface area contributed by atoms with Crippen molar-refractivity contribution in [1.82, 2.24) is 0 Å². The highest BCUT2D eigenvalue weighted by atomic mass is 16.5. The molecule has 0 saturated heterocycles. The molecule has 4 rings (SSSR count). The van der Waals surface area contributed by atoms with Crippen molar-refractivity contribution in [3.05, 3.63) is 42.0 Å². The minimum Gasteiger partial charge on any atom is -0.466 e. The molecule has 2 aliphatic heterocycles. The molecule has 2 aliphatic rings. The summed E-state index contributed by atoms with van der Waals surface area (Å²) in [4.78, 5) is 30.7. The van der Waals surface area contributed by atoms with Gasteiger partial charge in [0.25, 0.3) is 0 Å². The van der Waals surface area contributed by atoms with Crippen molar-refractivity contribution >= 4 is 28.4 Å². The summed E-state index contributed by atoms with van der Waals surface area (Å²) >= 11 is 0. The zero-order valence-electron chi connectivity index (χ0n) is 17.1. The van der Waals surface area contributed by atoms with Gasteiger partial charge >= 0.3 is 11.9 Å². The van der Waals surface area contributed by atoms with E-state index in [-0.39, 0.29) is 19.2 Å². The van der Waals surface area contributed by atoms with Gasteiger partial charge in [-0.2, -0.15) is 0 Å². The number of carbonyl (C=O) groups excluding carboxylic acids is 2. The zero-order chi connectivity index (χ0) is 20.8. The van der Waals surface area contributed by atoms with Crippen LogP contribution in [0, 0.1) is 11.8 Å². The highest BCUT2D eigenvalue weighted by molar-refractivity contribution is 6.05. The van der Waals surface area contributed by atoms with Gasteiger partial charge in [0.2, 0.25) is 5.72 Å². The van der Waals surface area contributed by atoms with Crippen molar-refractivity contribution in [3.8, 4) is 5.75 Å². The average Bonchev–Trinajstić information content (AvgIpc) is 2.66. The summed E-state index contributed by atoms with van der Waals surface area (Å²) in [6, 6.07) is 11.8. The molecule has 0 amide bonds. The smallest absolute Gasteiger partial charge is 0.315 e. The second-order valence-electron chi connectivity index (χ2n) is 7.59. The largest absolute Gasteiger partial charge is 0.466 e. The van der Waals surface area contributed by atoms with Crippen LogP contribution in [0.25, 0.3) is 10.8 Å². The van der Waals surface area contributed by atoms with E-state index in [0.717, 1.165) is 16.3 Å². The average molecular weight is 395 g/mol. The Morgan fingerprint density at radius 3 is 2.48 bits per heavy atom. The Balaban J connectivity index is 2.00. The SMILES string of the molecule is CCOC(=O)C1C(C)=NC2(C)Oc3ccc4ccccc4c3C1C2C(=O)OCC. The van der Waals surface area contributed by atoms with Crippen LogP contribution in [0.1, 0.15) is 39.2 Å². The molecule has 6 heteroatoms. The summed E-state index contributed by atoms with van der Waals surface area (Å²) in [5.74, 6) is -2.06. The first-order chi connectivity index (χ1) is 13.9. The second-order valence-corrected chi connectivity index (χ2v) is 7.59. The van der Waals surface area contributed by atoms with E-state index < -0.39 is 29.4 Å². The van der Waals surface area contributed by atoms with E-state index in [2.05, 4.69) is 4.99 Å². The van der Waals surface area contributed by atoms with Gasteiger partial charge in [-0.25, -0.2) is 4.99 Å². The molecule has 29 heavy (non-hydrogen) atoms. The van der Waals surface area contributed by atoms with Crippen LogP contribution in [0.2, 0.25) is 0 Å². The number of nitrogens with zero attached hydrogens (tertiary/aromatic N) is 1. The van der Waals surface area contributed by atoms with Crippen LogP contribution >= 0.6 is 0 Å². The Kier molecular flexibility index (Phi) is 4.81. The minimum absolute atomic E-state index is 0.243. The number of carbonyl (C=O) groups is 2. The first-order valence-electron chi connectivity index (χ1n) is 10.0. The Morgan fingerprint density at radius 1 is 1.07 bits per heavy atom. The quantitative estimate of drug-likeness (QED) is 0.735. The Labute approximate surface area is 169 Å². The third kappa shape index (κ3) is 2.98. The Morgan fingerprint density at radius 2 is 1.76 bits per heavy atom. The van der Waals surface area contributed by atoms with E-state index in [1.54, 1.807) is 27.7 Å². The lowest BCUT2D eigenvalue weighted by atomic mass is 9.66. The Hall–Kier alpha value is -2.89. The first-order valence-corrected chi connectivity index (χ1v) is 10.0. The summed E-state index contributed by atoms with van der Waals surface area (Å²) in [5, 5.41) is 1.97. The van der Waals surface area contributed by atoms with Crippen LogP contribution in [-0.4, -0.2) is 36.6 Å². The van der Waals surface area contributed by atoms with E-state index in [1.165, 1.54) is 0 Å². The molecule has 0 spiro atoms. The van der Waals surface area contributed by atoms with E-state index in [9.17, 15) is 9.59 Å². The molecule has 0 aromatic heterocycles. The van der Waals surface area contributed by atoms with E-state index in [4.69, 9.17) is 14.2 Å². The van der Waals surface area contributed by atoms with Gasteiger partial charge in [0.05, 0.1) is 13.2 Å². The molecule has 0 N–H and O–H groups in total. The molecule has 6 nitrogen and oxygen atoms in total. The van der Waals surface area contributed by atoms with E-state index >= 15 is 0 Å². The Bertz CT molecular complexity index is 1010. The minimum atomic E-state index is -1.14. The molecule has 0 aliphatic carbocycles. The number of aliphatic imine (C=N–C) groups is 1. The highest BCUT2D eigenvalue weighted by Gasteiger charge is 2.59. The van der Waals surface area contributed by atoms with Gasteiger partial charge in [-0.15, -0.1) is 0 Å². The third-order valence-electron chi connectivity index (χ3n) is 5.81. The molecule has 152 valence electrons. The summed E-state index contributed by atoms with van der Waals surface area (Å²) in [5.41, 5.74) is 0.306. The van der Waals surface area contributed by atoms with Crippen molar-refractivity contribution in [1.29, 1.82) is 0 Å². The number of esters is 2. The van der Waals surface area contributed by atoms with Crippen molar-refractivity contribution in [3.63, 3.8) is 0 Å². The standard InChI is InChI=1S/C23H25NO5/c1-5-27-21(25)17-13(3)24-23(4)20(22(26)28-6-2)19(17)18-15-10-8-7-9-14(15)11-12-16(18)29-23/h7-12,17,19-20H,5-6H2,1-4H3. The molecular weight excluding hydrogens is 370 g/mol. The van der Waals surface area contributed by atoms with E-state index in [1.807, 2.05) is 36.4 Å². The lowest BCUT2D eigenvalue weighted by molar-refractivity contribution is -0.162. The summed E-state index contributed by atoms with van der Waals surface area (Å²) in [6.45, 7) is 7.62. The van der Waals surface area contributed by atoms with Crippen LogP contribution in [0.3, 0.4) is 0 Å². The van der Waals surface area contributed by atoms with Crippen molar-refractivity contribution in [2.45, 2.75) is 39.3 Å². The van der Waals surface area contributed by atoms with Crippen LogP contribution in [0.4, 0.5) is 0 Å². The van der Waals surface area contributed by atoms with Gasteiger partial charge in [-0.05, 0) is 44.5 Å². The van der Waals surface area contributed by atoms with Gasteiger partial charge in [-0.3, -0.25) is 9.59 Å². The summed E-state index contributed by atoms with van der Waals surface area (Å²) < 4.78 is 17.1. The normalized spacial score (nSPS) is 27.4. The molecule has 0 saturated carbocycles. The molecule has 4 atom stereocenters. The fourth-order valence-electron chi connectivity index (χ4n) is 4.77. The predicted molar refractivity (Wildman–Crippen MR) is 109 cm³/mol. The number of ether oxygens (including phenoxy) is 3. The van der Waals surface area contributed by atoms with Crippen LogP contribution in [0.5, 0.6) is 5.75 Å². The fraction of sp³-hybridized carbons (Fsp3) is 0.435. The maximum atomic E-state index is 13.1. The van der Waals surface area contributed by atoms with Gasteiger partial charge in [0, 0.05) is 17.2 Å². The van der Waals surface area contributed by atoms with Gasteiger partial charge in [0.1, 0.15) is 17.6 Å². The number of rotatable bonds is 4. The number of fused-ring (bicyclic) bond motifs is 6. The zero-order valence-corrected chi connectivity index (χ0v) is 17.1. The number of hydrogen-bond donors (Lipinski definition) is 0. The topological polar surface area (TPSA) is 74.2 Å². The highest BCUT2D eigenvalue weighted by Crippen LogP contribution is 2.54. The number of benzene rings is 2. The molecule has 2 aromatic carbocycles. The molecule has 0 radical (unpaired) electrons. The second kappa shape index (κ2) is 7.17. The van der Waals surface area contributed by atoms with Crippen molar-refractivity contribution < 1.29 is 23.8 Å². The van der Waals surface area contributed by atoms with Crippen LogP contribution in [0.15, 0.2) is 41.4 Å². The van der Waals surface area contributed by atoms with Gasteiger partial charge in [-0.1, -0.05) is 30.3 Å². The molecule has 2 bridgehead atoms. The molecule has 4 unspecified atom stereocenters. The monoisotopic (exact) mass is 395 g/mol. The van der Waals surface area contributed by atoms with Gasteiger partial charge < -0.3 is 14.2 Å². The molecule has 2 aromatic rings. The molecule has 0 fully saturated rings. The van der Waals surface area contributed by atoms with E-state index in [0.29, 0.717) is 11.5 Å². The lowest BCUT2D eigenvalue weighted by Crippen LogP contribution is -2.57. The van der Waals surface area contributed by atoms with Crippen molar-refractivity contribution in [2.75, 3.05) is 13.2 Å². The third-order valence-corrected chi connectivity index (χ3v) is 5.81.